The summed E-state index contributed by atoms with van der Waals surface area (Å²) in [6.07, 6.45) is 5.85. The topological polar surface area (TPSA) is 152 Å². The molecule has 0 saturated carbocycles. The average molecular weight is 362 g/mol. The summed E-state index contributed by atoms with van der Waals surface area (Å²) in [7, 11) is 1.59. The average Bonchev–Trinajstić information content (AvgIpc) is 2.62. The van der Waals surface area contributed by atoms with Crippen LogP contribution in [0.25, 0.3) is 0 Å². The van der Waals surface area contributed by atoms with Gasteiger partial charge in [0.1, 0.15) is 6.04 Å². The van der Waals surface area contributed by atoms with Crippen molar-refractivity contribution in [2.45, 2.75) is 37.8 Å². The lowest BCUT2D eigenvalue weighted by molar-refractivity contribution is -0.138. The highest BCUT2D eigenvalue weighted by Gasteiger charge is 2.31. The smallest absolute Gasteiger partial charge is 0.251 e. The number of hydrogen-bond acceptors (Lipinski definition) is 8. The molecule has 1 aromatic heterocycles. The highest BCUT2D eigenvalue weighted by Crippen LogP contribution is 2.09. The van der Waals surface area contributed by atoms with E-state index in [2.05, 4.69) is 25.6 Å². The summed E-state index contributed by atoms with van der Waals surface area (Å²) in [5.74, 6) is 0.101. The highest BCUT2D eigenvalue weighted by atomic mass is 16.2. The van der Waals surface area contributed by atoms with Crippen LogP contribution in [0.4, 0.5) is 5.95 Å². The van der Waals surface area contributed by atoms with Crippen molar-refractivity contribution in [1.82, 2.24) is 20.2 Å². The van der Waals surface area contributed by atoms with E-state index in [0.717, 1.165) is 19.3 Å². The quantitative estimate of drug-likeness (QED) is 0.435. The number of likely N-dealkylation sites (N-methyl/N-ethyl adjacent to an activating group) is 1. The number of aromatic nitrogens is 2. The summed E-state index contributed by atoms with van der Waals surface area (Å²) in [6, 6.07) is 0.782. The predicted octanol–water partition coefficient (Wildman–Crippen LogP) is -0.952. The summed E-state index contributed by atoms with van der Waals surface area (Å²) in [5.41, 5.74) is 11.4. The lowest BCUT2D eigenvalue weighted by atomic mass is 10.1. The van der Waals surface area contributed by atoms with E-state index < -0.39 is 6.04 Å². The van der Waals surface area contributed by atoms with Gasteiger partial charge in [0.25, 0.3) is 5.91 Å². The maximum Gasteiger partial charge on any atom is 0.251 e. The van der Waals surface area contributed by atoms with E-state index in [4.69, 9.17) is 11.5 Å². The van der Waals surface area contributed by atoms with Gasteiger partial charge in [-0.05, 0) is 25.5 Å². The summed E-state index contributed by atoms with van der Waals surface area (Å²) >= 11 is 0. The lowest BCUT2D eigenvalue weighted by Gasteiger charge is -2.30. The van der Waals surface area contributed by atoms with Crippen LogP contribution in [0.15, 0.2) is 23.5 Å². The molecule has 2 amide bonds. The number of guanidine groups is 1. The number of nitrogens with two attached hydrogens (primary N) is 2. The molecule has 26 heavy (non-hydrogen) atoms. The predicted molar refractivity (Wildman–Crippen MR) is 98.2 cm³/mol. The molecule has 1 aromatic rings. The van der Waals surface area contributed by atoms with Crippen LogP contribution in [0.5, 0.6) is 0 Å². The van der Waals surface area contributed by atoms with Gasteiger partial charge < -0.3 is 16.4 Å². The Labute approximate surface area is 152 Å². The number of carbonyl (C=O) groups excluding carboxylic acids is 2. The number of anilines is 1. The van der Waals surface area contributed by atoms with Crippen LogP contribution < -0.4 is 22.1 Å². The van der Waals surface area contributed by atoms with E-state index in [1.807, 2.05) is 0 Å². The molecule has 6 N–H and O–H groups in total. The molecule has 0 saturated heterocycles. The third-order valence-electron chi connectivity index (χ3n) is 4.09. The van der Waals surface area contributed by atoms with E-state index in [-0.39, 0.29) is 36.8 Å². The zero-order chi connectivity index (χ0) is 18.9. The fourth-order valence-electron chi connectivity index (χ4n) is 2.53. The van der Waals surface area contributed by atoms with Crippen molar-refractivity contribution in [1.29, 1.82) is 0 Å². The van der Waals surface area contributed by atoms with E-state index in [0.29, 0.717) is 12.5 Å². The number of hydrogen-bond donors (Lipinski definition) is 4. The first kappa shape index (κ1) is 19.7. The van der Waals surface area contributed by atoms with Crippen molar-refractivity contribution in [3.63, 3.8) is 0 Å². The number of amides is 2. The molecule has 0 fully saturated rings. The van der Waals surface area contributed by atoms with E-state index in [1.54, 1.807) is 25.5 Å². The second-order valence-corrected chi connectivity index (χ2v) is 6.15. The van der Waals surface area contributed by atoms with Crippen molar-refractivity contribution in [2.24, 2.45) is 16.5 Å². The first-order valence-corrected chi connectivity index (χ1v) is 8.62. The number of nitrogens with one attached hydrogen (secondary N) is 2. The molecular weight excluding hydrogens is 336 g/mol. The second kappa shape index (κ2) is 9.78. The second-order valence-electron chi connectivity index (χ2n) is 6.15. The largest absolute Gasteiger partial charge is 0.332 e. The van der Waals surface area contributed by atoms with E-state index in [1.165, 1.54) is 4.90 Å². The van der Waals surface area contributed by atoms with Crippen molar-refractivity contribution >= 4 is 23.7 Å². The van der Waals surface area contributed by atoms with Gasteiger partial charge in [-0.15, -0.1) is 0 Å². The molecule has 1 aliphatic heterocycles. The minimum atomic E-state index is -0.666. The zero-order valence-corrected chi connectivity index (χ0v) is 14.9. The van der Waals surface area contributed by atoms with Crippen LogP contribution in [0.2, 0.25) is 0 Å². The molecule has 10 heteroatoms. The van der Waals surface area contributed by atoms with Gasteiger partial charge in [-0.3, -0.25) is 20.2 Å². The minimum absolute atomic E-state index is 0.158. The Kier molecular flexibility index (Phi) is 7.42. The minimum Gasteiger partial charge on any atom is -0.332 e. The number of nitrogens with zero attached hydrogens (tertiary/aromatic N) is 4. The maximum absolute atomic E-state index is 12.4. The fourth-order valence-corrected chi connectivity index (χ4v) is 2.53. The summed E-state index contributed by atoms with van der Waals surface area (Å²) < 4.78 is 0. The maximum atomic E-state index is 12.4. The molecule has 10 nitrogen and oxygen atoms in total. The third kappa shape index (κ3) is 5.74. The Bertz CT molecular complexity index is 636. The normalized spacial score (nSPS) is 17.9. The van der Waals surface area contributed by atoms with Gasteiger partial charge in [0.15, 0.2) is 0 Å². The number of carbonyl (C=O) groups is 2. The zero-order valence-electron chi connectivity index (χ0n) is 14.9. The van der Waals surface area contributed by atoms with Gasteiger partial charge in [-0.2, -0.15) is 0 Å². The summed E-state index contributed by atoms with van der Waals surface area (Å²) in [6.45, 7) is 0.775. The lowest BCUT2D eigenvalue weighted by Crippen LogP contribution is -2.55. The van der Waals surface area contributed by atoms with Gasteiger partial charge in [-0.25, -0.2) is 15.0 Å². The molecule has 2 atom stereocenters. The molecule has 2 heterocycles. The Morgan fingerprint density at radius 1 is 1.42 bits per heavy atom. The number of unbranched alkanes of at least 4 members (excludes halogenated alkanes) is 1. The standard InChI is InChI=1S/C16H26N8O2/c1-24(13(25)9-11(18)5-2-3-6-17)12-10-21-16(22-14(12)26)23-15-19-7-4-8-20-15/h4,7-8,11-12H,2-3,5-6,9-10,17-18H2,1H3,(H2,19,20,21,22,23,26)/t11-,12?/m0/s1. The van der Waals surface area contributed by atoms with Crippen LogP contribution in [0.1, 0.15) is 25.7 Å². The van der Waals surface area contributed by atoms with Crippen LogP contribution in [-0.2, 0) is 9.59 Å². The Balaban J connectivity index is 1.86. The fraction of sp³-hybridized carbons (Fsp3) is 0.562. The highest BCUT2D eigenvalue weighted by molar-refractivity contribution is 6.07. The van der Waals surface area contributed by atoms with E-state index >= 15 is 0 Å². The summed E-state index contributed by atoms with van der Waals surface area (Å²) in [5, 5.41) is 5.45. The van der Waals surface area contributed by atoms with Crippen molar-refractivity contribution in [3.05, 3.63) is 18.5 Å². The molecule has 142 valence electrons. The Morgan fingerprint density at radius 2 is 2.15 bits per heavy atom. The SMILES string of the molecule is CN(C(=O)C[C@@H](N)CCCCN)C1CN=C(Nc2ncccn2)NC1=O. The number of rotatable bonds is 8. The molecule has 0 bridgehead atoms. The van der Waals surface area contributed by atoms with Gasteiger partial charge in [0.2, 0.25) is 17.8 Å². The van der Waals surface area contributed by atoms with Crippen LogP contribution >= 0.6 is 0 Å². The molecule has 1 aliphatic rings. The molecular formula is C16H26N8O2. The monoisotopic (exact) mass is 362 g/mol. The first-order chi connectivity index (χ1) is 12.5. The van der Waals surface area contributed by atoms with Crippen LogP contribution in [0.3, 0.4) is 0 Å². The molecule has 0 aliphatic carbocycles. The third-order valence-corrected chi connectivity index (χ3v) is 4.09. The number of aliphatic imine (C=N–C) groups is 1. The van der Waals surface area contributed by atoms with Crippen molar-refractivity contribution < 1.29 is 9.59 Å². The molecule has 0 aromatic carbocycles. The van der Waals surface area contributed by atoms with Crippen LogP contribution in [0, 0.1) is 0 Å². The molecule has 1 unspecified atom stereocenters. The van der Waals surface area contributed by atoms with Crippen LogP contribution in [-0.4, -0.2) is 64.9 Å². The van der Waals surface area contributed by atoms with Crippen molar-refractivity contribution in [2.75, 3.05) is 25.5 Å². The van der Waals surface area contributed by atoms with Crippen molar-refractivity contribution in [3.8, 4) is 0 Å². The Morgan fingerprint density at radius 3 is 2.81 bits per heavy atom. The van der Waals surface area contributed by atoms with Gasteiger partial charge in [0, 0.05) is 31.9 Å². The van der Waals surface area contributed by atoms with Gasteiger partial charge in [-0.1, -0.05) is 6.42 Å². The first-order valence-electron chi connectivity index (χ1n) is 8.62. The molecule has 2 rings (SSSR count). The summed E-state index contributed by atoms with van der Waals surface area (Å²) in [4.78, 5) is 38.3. The Hall–Kier alpha value is -2.59. The molecule has 0 radical (unpaired) electrons. The van der Waals surface area contributed by atoms with Gasteiger partial charge >= 0.3 is 0 Å². The van der Waals surface area contributed by atoms with Gasteiger partial charge in [0.05, 0.1) is 6.54 Å². The molecule has 0 spiro atoms. The van der Waals surface area contributed by atoms with E-state index in [9.17, 15) is 9.59 Å².